The predicted octanol–water partition coefficient (Wildman–Crippen LogP) is 11.1. The van der Waals surface area contributed by atoms with Gasteiger partial charge in [0.1, 0.15) is 23.4 Å². The number of amides is 4. The summed E-state index contributed by atoms with van der Waals surface area (Å²) in [6.45, 7) is 32.2. The molecule has 17 heteroatoms. The summed E-state index contributed by atoms with van der Waals surface area (Å²) >= 11 is 0. The standard InChI is InChI=1S/2C33H52N2O6.ClH/c2*1-22(2)18-26(34-30(39)24-14-16-35(17-15-24)31(40)41-33(6,7)8)27(36)20-25(19-23-12-10-9-11-13-23)29(38)28(37)21-32(3,4)5;/h2*9-13,22,24-26,29,38H,14-21H2,1-8H3,(H,34,39);1H/t2*25?,26-,29?;/m00./s1. The summed E-state index contributed by atoms with van der Waals surface area (Å²) < 4.78 is 10.9. The van der Waals surface area contributed by atoms with E-state index < -0.39 is 47.3 Å². The van der Waals surface area contributed by atoms with Crippen molar-refractivity contribution in [2.75, 3.05) is 26.2 Å². The number of likely N-dealkylation sites (tertiary alicyclic amines) is 2. The van der Waals surface area contributed by atoms with E-state index in [9.17, 15) is 48.6 Å². The first-order valence-electron chi connectivity index (χ1n) is 30.0. The van der Waals surface area contributed by atoms with Gasteiger partial charge in [-0.2, -0.15) is 0 Å². The number of halogens is 1. The number of hydrogen-bond donors (Lipinski definition) is 4. The van der Waals surface area contributed by atoms with Crippen LogP contribution >= 0.6 is 12.4 Å². The second kappa shape index (κ2) is 33.5. The van der Waals surface area contributed by atoms with E-state index in [2.05, 4.69) is 10.6 Å². The lowest BCUT2D eigenvalue weighted by Crippen LogP contribution is -2.49. The smallest absolute Gasteiger partial charge is 0.410 e. The molecule has 468 valence electrons. The molecule has 0 aliphatic carbocycles. The lowest BCUT2D eigenvalue weighted by atomic mass is 9.81. The third kappa shape index (κ3) is 28.5. The van der Waals surface area contributed by atoms with Gasteiger partial charge in [-0.05, 0) is 127 Å². The molecule has 0 bridgehead atoms. The molecule has 4 unspecified atom stereocenters. The third-order valence-corrected chi connectivity index (χ3v) is 14.4. The van der Waals surface area contributed by atoms with Crippen molar-refractivity contribution in [3.05, 3.63) is 71.8 Å². The van der Waals surface area contributed by atoms with E-state index >= 15 is 0 Å². The Morgan fingerprint density at radius 2 is 0.783 bits per heavy atom. The Balaban J connectivity index is 0.000000560. The Morgan fingerprint density at radius 3 is 1.04 bits per heavy atom. The van der Waals surface area contributed by atoms with Crippen molar-refractivity contribution >= 4 is 59.5 Å². The van der Waals surface area contributed by atoms with E-state index in [1.165, 1.54) is 0 Å². The molecule has 0 aromatic heterocycles. The van der Waals surface area contributed by atoms with Gasteiger partial charge in [0, 0.05) is 75.5 Å². The number of rotatable bonds is 24. The first kappa shape index (κ1) is 73.9. The summed E-state index contributed by atoms with van der Waals surface area (Å²) in [7, 11) is 0. The normalized spacial score (nSPS) is 16.9. The number of carbonyl (C=O) groups is 8. The van der Waals surface area contributed by atoms with E-state index in [4.69, 9.17) is 9.47 Å². The van der Waals surface area contributed by atoms with Crippen molar-refractivity contribution < 1.29 is 58.0 Å². The van der Waals surface area contributed by atoms with Crippen LogP contribution in [0.1, 0.15) is 186 Å². The van der Waals surface area contributed by atoms with Crippen molar-refractivity contribution in [1.29, 1.82) is 0 Å². The van der Waals surface area contributed by atoms with Gasteiger partial charge >= 0.3 is 12.2 Å². The van der Waals surface area contributed by atoms with Gasteiger partial charge in [0.15, 0.2) is 23.1 Å². The highest BCUT2D eigenvalue weighted by Crippen LogP contribution is 2.29. The van der Waals surface area contributed by atoms with Crippen molar-refractivity contribution in [2.45, 2.75) is 223 Å². The maximum atomic E-state index is 13.7. The molecule has 4 rings (SSSR count). The van der Waals surface area contributed by atoms with Gasteiger partial charge in [-0.1, -0.05) is 130 Å². The molecule has 2 aliphatic heterocycles. The zero-order chi connectivity index (χ0) is 61.9. The number of hydrogen-bond acceptors (Lipinski definition) is 12. The number of nitrogens with zero attached hydrogens (tertiary/aromatic N) is 2. The lowest BCUT2D eigenvalue weighted by molar-refractivity contribution is -0.135. The van der Waals surface area contributed by atoms with Crippen LogP contribution in [-0.4, -0.2) is 129 Å². The lowest BCUT2D eigenvalue weighted by Gasteiger charge is -2.33. The number of piperidine rings is 2. The topological polar surface area (TPSA) is 226 Å². The monoisotopic (exact) mass is 1180 g/mol. The molecule has 0 spiro atoms. The minimum Gasteiger partial charge on any atom is -0.444 e. The molecule has 16 nitrogen and oxygen atoms in total. The Kier molecular flexibility index (Phi) is 29.8. The largest absolute Gasteiger partial charge is 0.444 e. The molecule has 2 aliphatic rings. The number of ether oxygens (including phenoxy) is 2. The van der Waals surface area contributed by atoms with Crippen LogP contribution in [0.2, 0.25) is 0 Å². The number of nitrogens with one attached hydrogen (secondary N) is 2. The zero-order valence-electron chi connectivity index (χ0n) is 53.1. The Hall–Kier alpha value is -5.19. The first-order chi connectivity index (χ1) is 37.9. The summed E-state index contributed by atoms with van der Waals surface area (Å²) in [5.74, 6) is -2.80. The highest BCUT2D eigenvalue weighted by Gasteiger charge is 2.38. The molecule has 2 aromatic carbocycles. The molecule has 2 saturated heterocycles. The fraction of sp³-hybridized carbons (Fsp3) is 0.697. The fourth-order valence-corrected chi connectivity index (χ4v) is 10.4. The first-order valence-corrected chi connectivity index (χ1v) is 30.0. The van der Waals surface area contributed by atoms with Crippen molar-refractivity contribution in [3.63, 3.8) is 0 Å². The maximum absolute atomic E-state index is 13.7. The van der Waals surface area contributed by atoms with E-state index in [0.717, 1.165) is 11.1 Å². The van der Waals surface area contributed by atoms with E-state index in [0.29, 0.717) is 77.5 Å². The number of Topliss-reactive ketones (excluding diaryl/α,β-unsaturated/α-hetero) is 4. The van der Waals surface area contributed by atoms with Gasteiger partial charge in [-0.3, -0.25) is 28.8 Å². The number of aliphatic hydroxyl groups excluding tert-OH is 2. The molecule has 2 aromatic rings. The van der Waals surface area contributed by atoms with Crippen molar-refractivity contribution in [3.8, 4) is 0 Å². The molecule has 0 radical (unpaired) electrons. The molecule has 2 heterocycles. The second-order valence-electron chi connectivity index (χ2n) is 28.4. The number of carbonyl (C=O) groups excluding carboxylic acids is 8. The summed E-state index contributed by atoms with van der Waals surface area (Å²) in [6.07, 6.45) is 0.744. The quantitative estimate of drug-likeness (QED) is 0.0770. The highest BCUT2D eigenvalue weighted by atomic mass is 35.5. The summed E-state index contributed by atoms with van der Waals surface area (Å²) in [5.41, 5.74) is 0.139. The second-order valence-corrected chi connectivity index (χ2v) is 28.4. The van der Waals surface area contributed by atoms with Crippen LogP contribution < -0.4 is 10.6 Å². The van der Waals surface area contributed by atoms with Gasteiger partial charge in [-0.15, -0.1) is 12.4 Å². The van der Waals surface area contributed by atoms with Crippen LogP contribution in [0.15, 0.2) is 60.7 Å². The molecule has 2 fully saturated rings. The molecular weight excluding hydrogens is 1080 g/mol. The van der Waals surface area contributed by atoms with Crippen molar-refractivity contribution in [2.24, 2.45) is 46.3 Å². The van der Waals surface area contributed by atoms with Crippen LogP contribution in [0.4, 0.5) is 9.59 Å². The average Bonchev–Trinajstić information content (AvgIpc) is 3.36. The molecule has 6 atom stereocenters. The minimum absolute atomic E-state index is 0. The van der Waals surface area contributed by atoms with Gasteiger partial charge in [0.25, 0.3) is 0 Å². The van der Waals surface area contributed by atoms with E-state index in [1.54, 1.807) is 9.80 Å². The Bertz CT molecular complexity index is 2210. The molecule has 4 amide bonds. The van der Waals surface area contributed by atoms with Gasteiger partial charge < -0.3 is 40.1 Å². The number of benzene rings is 2. The van der Waals surface area contributed by atoms with Gasteiger partial charge in [0.2, 0.25) is 11.8 Å². The van der Waals surface area contributed by atoms with E-state index in [-0.39, 0.29) is 120 Å². The predicted molar refractivity (Wildman–Crippen MR) is 328 cm³/mol. The van der Waals surface area contributed by atoms with Crippen LogP contribution in [0.3, 0.4) is 0 Å². The number of ketones is 4. The van der Waals surface area contributed by atoms with Crippen LogP contribution in [0.5, 0.6) is 0 Å². The van der Waals surface area contributed by atoms with E-state index in [1.807, 2.05) is 171 Å². The molecular formula is C66H105ClN4O12. The maximum Gasteiger partial charge on any atom is 0.410 e. The minimum atomic E-state index is -1.27. The fourth-order valence-electron chi connectivity index (χ4n) is 10.4. The zero-order valence-corrected chi connectivity index (χ0v) is 54.0. The SMILES string of the molecule is CC(C)C[C@H](NC(=O)C1CCN(C(=O)OC(C)(C)C)CC1)C(=O)CC(Cc1ccccc1)C(O)C(=O)CC(C)(C)C.CC(C)C[C@H](NC(=O)C1CCN(C(=O)OC(C)(C)C)CC1)C(=O)CC(Cc1ccccc1)C(O)C(=O)CC(C)(C)C.Cl. The number of aliphatic hydroxyl groups is 2. The van der Waals surface area contributed by atoms with Gasteiger partial charge in [0.05, 0.1) is 12.1 Å². The summed E-state index contributed by atoms with van der Waals surface area (Å²) in [4.78, 5) is 108. The molecule has 83 heavy (non-hydrogen) atoms. The highest BCUT2D eigenvalue weighted by molar-refractivity contribution is 5.92. The third-order valence-electron chi connectivity index (χ3n) is 14.4. The van der Waals surface area contributed by atoms with Crippen LogP contribution in [0.25, 0.3) is 0 Å². The van der Waals surface area contributed by atoms with Crippen LogP contribution in [0, 0.1) is 46.3 Å². The van der Waals surface area contributed by atoms with Gasteiger partial charge in [-0.25, -0.2) is 9.59 Å². The Morgan fingerprint density at radius 1 is 0.494 bits per heavy atom. The average molecular weight is 1180 g/mol. The summed E-state index contributed by atoms with van der Waals surface area (Å²) in [5, 5.41) is 28.2. The van der Waals surface area contributed by atoms with Crippen molar-refractivity contribution in [1.82, 2.24) is 20.4 Å². The van der Waals surface area contributed by atoms with Crippen LogP contribution in [-0.2, 0) is 51.1 Å². The molecule has 0 saturated carbocycles. The molecule has 4 N–H and O–H groups in total. The Labute approximate surface area is 503 Å². The summed E-state index contributed by atoms with van der Waals surface area (Å²) in [6, 6.07) is 17.7.